The predicted octanol–water partition coefficient (Wildman–Crippen LogP) is 5.05. The second kappa shape index (κ2) is 15.4. The lowest BCUT2D eigenvalue weighted by atomic mass is 9.98. The topological polar surface area (TPSA) is 106 Å². The molecule has 41 heavy (non-hydrogen) atoms. The minimum atomic E-state index is -0.929. The normalized spacial score (nSPS) is 12.8. The van der Waals surface area contributed by atoms with Gasteiger partial charge < -0.3 is 25.1 Å². The van der Waals surface area contributed by atoms with Crippen molar-refractivity contribution in [3.63, 3.8) is 0 Å². The van der Waals surface area contributed by atoms with Crippen LogP contribution in [0.1, 0.15) is 55.2 Å². The average molecular weight is 555 g/mol. The van der Waals surface area contributed by atoms with Crippen molar-refractivity contribution in [3.8, 4) is 11.1 Å². The molecule has 0 unspecified atom stereocenters. The number of amides is 2. The summed E-state index contributed by atoms with van der Waals surface area (Å²) in [5, 5.41) is 5.49. The smallest absolute Gasteiger partial charge is 0.407 e. The van der Waals surface area contributed by atoms with E-state index < -0.39 is 18.1 Å². The van der Waals surface area contributed by atoms with Gasteiger partial charge in [-0.05, 0) is 35.1 Å². The highest BCUT2D eigenvalue weighted by atomic mass is 16.5. The predicted molar refractivity (Wildman–Crippen MR) is 158 cm³/mol. The zero-order chi connectivity index (χ0) is 28.9. The number of hydrogen-bond acceptors (Lipinski definition) is 6. The maximum atomic E-state index is 12.8. The molecule has 0 saturated heterocycles. The first kappa shape index (κ1) is 29.5. The van der Waals surface area contributed by atoms with E-state index in [1.54, 1.807) is 12.3 Å². The molecule has 8 nitrogen and oxygen atoms in total. The van der Waals surface area contributed by atoms with Gasteiger partial charge in [-0.3, -0.25) is 9.59 Å². The molecular formula is C33H36N3O5-. The summed E-state index contributed by atoms with van der Waals surface area (Å²) in [6, 6.07) is 25.7. The van der Waals surface area contributed by atoms with E-state index in [4.69, 9.17) is 9.47 Å². The standard InChI is InChI=1S/C33H36N3O5/c1-2-3-19-35-32(38)30(17-18-31(37)40-21-20-34-22-24-11-5-4-6-12-24)36-33(39)41-23-29-27-15-9-7-13-25(27)26-14-8-10-16-28(26)29/h4-11,13-16,22,29-30H,2-3,17-21,23H2,1H3,(H,35,38)(H,36,39)/q-1/t30-/m0/s1. The maximum Gasteiger partial charge on any atom is 0.407 e. The number of aliphatic imine (C=N–C) groups is 1. The molecule has 2 N–H and O–H groups in total. The Balaban J connectivity index is 1.28. The molecule has 3 aromatic carbocycles. The van der Waals surface area contributed by atoms with Gasteiger partial charge in [-0.25, -0.2) is 4.79 Å². The fourth-order valence-corrected chi connectivity index (χ4v) is 4.76. The Hall–Kier alpha value is -4.46. The third kappa shape index (κ3) is 8.51. The first-order valence-electron chi connectivity index (χ1n) is 14.1. The fourth-order valence-electron chi connectivity index (χ4n) is 4.76. The van der Waals surface area contributed by atoms with Crippen LogP contribution in [0.15, 0.2) is 77.8 Å². The second-order valence-electron chi connectivity index (χ2n) is 9.78. The summed E-state index contributed by atoms with van der Waals surface area (Å²) in [5.74, 6) is -0.918. The molecule has 1 aliphatic carbocycles. The number of nitrogens with zero attached hydrogens (tertiary/aromatic N) is 1. The van der Waals surface area contributed by atoms with Gasteiger partial charge in [-0.15, -0.1) is 35.9 Å². The number of fused-ring (bicyclic) bond motifs is 3. The van der Waals surface area contributed by atoms with Gasteiger partial charge in [0, 0.05) is 18.9 Å². The third-order valence-electron chi connectivity index (χ3n) is 6.87. The van der Waals surface area contributed by atoms with E-state index in [-0.39, 0.29) is 37.9 Å². The molecule has 0 radical (unpaired) electrons. The molecule has 0 saturated carbocycles. The summed E-state index contributed by atoms with van der Waals surface area (Å²) < 4.78 is 10.9. The van der Waals surface area contributed by atoms with Gasteiger partial charge in [-0.1, -0.05) is 68.1 Å². The Bertz CT molecular complexity index is 1300. The Morgan fingerprint density at radius 1 is 0.976 bits per heavy atom. The van der Waals surface area contributed by atoms with Gasteiger partial charge in [-0.2, -0.15) is 0 Å². The SMILES string of the molecule is CCCCNC(=O)[C@H](CCC(=O)OCCN=Cc1[c-]cccc1)NC(=O)OCC1c2ccccc2-c2ccccc21. The molecule has 214 valence electrons. The quantitative estimate of drug-likeness (QED) is 0.126. The first-order chi connectivity index (χ1) is 20.1. The molecule has 0 fully saturated rings. The van der Waals surface area contributed by atoms with Crippen molar-refractivity contribution in [2.75, 3.05) is 26.3 Å². The van der Waals surface area contributed by atoms with E-state index in [0.29, 0.717) is 13.1 Å². The van der Waals surface area contributed by atoms with E-state index >= 15 is 0 Å². The number of hydrogen-bond donors (Lipinski definition) is 2. The molecule has 0 aromatic heterocycles. The molecule has 1 atom stereocenters. The summed E-state index contributed by atoms with van der Waals surface area (Å²) in [7, 11) is 0. The lowest BCUT2D eigenvalue weighted by Crippen LogP contribution is -2.47. The Labute approximate surface area is 241 Å². The van der Waals surface area contributed by atoms with E-state index in [2.05, 4.69) is 33.8 Å². The largest absolute Gasteiger partial charge is 0.464 e. The number of unbranched alkanes of at least 4 members (excludes halogenated alkanes) is 1. The van der Waals surface area contributed by atoms with Gasteiger partial charge >= 0.3 is 12.1 Å². The first-order valence-corrected chi connectivity index (χ1v) is 14.1. The van der Waals surface area contributed by atoms with E-state index in [0.717, 1.165) is 40.7 Å². The number of esters is 1. The molecule has 8 heteroatoms. The highest BCUT2D eigenvalue weighted by Crippen LogP contribution is 2.44. The maximum absolute atomic E-state index is 12.8. The molecule has 1 aliphatic rings. The zero-order valence-electron chi connectivity index (χ0n) is 23.3. The molecule has 0 heterocycles. The van der Waals surface area contributed by atoms with Crippen molar-refractivity contribution < 1.29 is 23.9 Å². The van der Waals surface area contributed by atoms with Gasteiger partial charge in [0.1, 0.15) is 19.3 Å². The van der Waals surface area contributed by atoms with E-state index in [1.165, 1.54) is 0 Å². The Morgan fingerprint density at radius 2 is 1.68 bits per heavy atom. The van der Waals surface area contributed by atoms with Crippen molar-refractivity contribution in [2.45, 2.75) is 44.6 Å². The Morgan fingerprint density at radius 3 is 2.37 bits per heavy atom. The van der Waals surface area contributed by atoms with Crippen LogP contribution in [0.4, 0.5) is 4.79 Å². The fraction of sp³-hybridized carbons (Fsp3) is 0.333. The van der Waals surface area contributed by atoms with Gasteiger partial charge in [0.15, 0.2) is 0 Å². The average Bonchev–Trinajstić information content (AvgIpc) is 3.32. The van der Waals surface area contributed by atoms with Crippen molar-refractivity contribution in [1.82, 2.24) is 10.6 Å². The second-order valence-corrected chi connectivity index (χ2v) is 9.78. The highest BCUT2D eigenvalue weighted by Gasteiger charge is 2.30. The molecule has 3 aromatic rings. The van der Waals surface area contributed by atoms with Crippen LogP contribution < -0.4 is 10.6 Å². The van der Waals surface area contributed by atoms with Crippen molar-refractivity contribution in [1.29, 1.82) is 0 Å². The zero-order valence-corrected chi connectivity index (χ0v) is 23.3. The molecule has 0 spiro atoms. The van der Waals surface area contributed by atoms with Crippen LogP contribution in [0, 0.1) is 6.07 Å². The van der Waals surface area contributed by atoms with Crippen LogP contribution in [0.25, 0.3) is 11.1 Å². The van der Waals surface area contributed by atoms with E-state index in [9.17, 15) is 14.4 Å². The van der Waals surface area contributed by atoms with Crippen LogP contribution in [0.3, 0.4) is 0 Å². The minimum absolute atomic E-state index is 0.0360. The molecule has 4 rings (SSSR count). The number of carbonyl (C=O) groups is 3. The molecule has 0 bridgehead atoms. The highest BCUT2D eigenvalue weighted by molar-refractivity contribution is 5.86. The molecular weight excluding hydrogens is 518 g/mol. The summed E-state index contributed by atoms with van der Waals surface area (Å²) >= 11 is 0. The third-order valence-corrected chi connectivity index (χ3v) is 6.87. The lowest BCUT2D eigenvalue weighted by Gasteiger charge is -2.19. The van der Waals surface area contributed by atoms with Crippen molar-refractivity contribution in [2.24, 2.45) is 4.99 Å². The van der Waals surface area contributed by atoms with Crippen LogP contribution in [0.5, 0.6) is 0 Å². The van der Waals surface area contributed by atoms with Crippen molar-refractivity contribution >= 4 is 24.2 Å². The van der Waals surface area contributed by atoms with Gasteiger partial charge in [0.05, 0.1) is 6.54 Å². The van der Waals surface area contributed by atoms with E-state index in [1.807, 2.05) is 61.5 Å². The number of benzene rings is 3. The van der Waals surface area contributed by atoms with Gasteiger partial charge in [0.2, 0.25) is 5.91 Å². The van der Waals surface area contributed by atoms with Gasteiger partial charge in [0.25, 0.3) is 0 Å². The molecule has 0 aliphatic heterocycles. The minimum Gasteiger partial charge on any atom is -0.464 e. The number of carbonyl (C=O) groups excluding carboxylic acids is 3. The number of alkyl carbamates (subject to hydrolysis) is 1. The van der Waals surface area contributed by atoms with Crippen LogP contribution in [0.2, 0.25) is 0 Å². The number of ether oxygens (including phenoxy) is 2. The summed E-state index contributed by atoms with van der Waals surface area (Å²) in [4.78, 5) is 42.2. The summed E-state index contributed by atoms with van der Waals surface area (Å²) in [5.41, 5.74) is 5.31. The number of nitrogens with one attached hydrogen (secondary N) is 2. The summed E-state index contributed by atoms with van der Waals surface area (Å²) in [6.07, 6.45) is 2.75. The lowest BCUT2D eigenvalue weighted by molar-refractivity contribution is -0.143. The summed E-state index contributed by atoms with van der Waals surface area (Å²) in [6.45, 7) is 3.08. The van der Waals surface area contributed by atoms with Crippen molar-refractivity contribution in [3.05, 3.63) is 95.6 Å². The number of rotatable bonds is 14. The van der Waals surface area contributed by atoms with Crippen LogP contribution >= 0.6 is 0 Å². The monoisotopic (exact) mass is 554 g/mol. The van der Waals surface area contributed by atoms with Crippen LogP contribution in [-0.4, -0.2) is 56.5 Å². The Kier molecular flexibility index (Phi) is 11.1. The molecule has 2 amide bonds. The van der Waals surface area contributed by atoms with Crippen LogP contribution in [-0.2, 0) is 19.1 Å².